The Labute approximate surface area is 162 Å². The topological polar surface area (TPSA) is 83.0 Å². The van der Waals surface area contributed by atoms with Crippen molar-refractivity contribution in [3.8, 4) is 5.69 Å². The molecule has 0 amide bonds. The molecule has 6 nitrogen and oxygen atoms in total. The van der Waals surface area contributed by atoms with Crippen LogP contribution in [0.5, 0.6) is 0 Å². The lowest BCUT2D eigenvalue weighted by Crippen LogP contribution is -2.09. The Morgan fingerprint density at radius 1 is 1.18 bits per heavy atom. The van der Waals surface area contributed by atoms with Crippen LogP contribution < -0.4 is 5.73 Å². The quantitative estimate of drug-likeness (QED) is 0.430. The number of aryl methyl sites for hydroxylation is 2. The zero-order chi connectivity index (χ0) is 19.8. The van der Waals surface area contributed by atoms with Crippen LogP contribution >= 0.6 is 0 Å². The average Bonchev–Trinajstić information content (AvgIpc) is 2.95. The van der Waals surface area contributed by atoms with Gasteiger partial charge in [0.05, 0.1) is 16.7 Å². The molecule has 0 bridgehead atoms. The number of para-hydroxylation sites is 2. The highest BCUT2D eigenvalue weighted by molar-refractivity contribution is 6.09. The number of esters is 1. The molecule has 2 N–H and O–H groups in total. The van der Waals surface area contributed by atoms with E-state index < -0.39 is 5.97 Å². The van der Waals surface area contributed by atoms with Gasteiger partial charge in [-0.2, -0.15) is 0 Å². The molecule has 28 heavy (non-hydrogen) atoms. The largest absolute Gasteiger partial charge is 0.458 e. The molecule has 0 atom stereocenters. The molecule has 0 aliphatic heterocycles. The number of nitrogens with zero attached hydrogens (tertiary/aromatic N) is 3. The number of ether oxygens (including phenoxy) is 1. The van der Waals surface area contributed by atoms with E-state index in [1.165, 1.54) is 6.08 Å². The fourth-order valence-electron chi connectivity index (χ4n) is 3.37. The fraction of sp³-hybridized carbons (Fsp3) is 0.136. The summed E-state index contributed by atoms with van der Waals surface area (Å²) in [5, 5.41) is 0. The minimum atomic E-state index is -0.546. The SMILES string of the molecule is C=CCOC(=O)c1c(N)n(-c2ccc(C)cc2C)c2nc3ccccc3nc12. The first kappa shape index (κ1) is 17.7. The number of anilines is 1. The second-order valence-electron chi connectivity index (χ2n) is 6.66. The Balaban J connectivity index is 2.08. The van der Waals surface area contributed by atoms with Crippen molar-refractivity contribution in [3.05, 3.63) is 71.8 Å². The third-order valence-corrected chi connectivity index (χ3v) is 4.63. The second kappa shape index (κ2) is 6.81. The summed E-state index contributed by atoms with van der Waals surface area (Å²) in [7, 11) is 0. The van der Waals surface area contributed by atoms with Gasteiger partial charge in [0.25, 0.3) is 0 Å². The maximum Gasteiger partial charge on any atom is 0.344 e. The molecule has 2 aromatic carbocycles. The molecule has 0 fully saturated rings. The summed E-state index contributed by atoms with van der Waals surface area (Å²) in [6.45, 7) is 7.70. The number of aromatic nitrogens is 3. The first-order valence-corrected chi connectivity index (χ1v) is 8.93. The van der Waals surface area contributed by atoms with Crippen LogP contribution in [0, 0.1) is 13.8 Å². The van der Waals surface area contributed by atoms with E-state index in [1.807, 2.05) is 50.2 Å². The molecule has 4 aromatic rings. The summed E-state index contributed by atoms with van der Waals surface area (Å²) >= 11 is 0. The number of nitrogens with two attached hydrogens (primary N) is 1. The zero-order valence-corrected chi connectivity index (χ0v) is 15.8. The van der Waals surface area contributed by atoms with Crippen LogP contribution in [0.3, 0.4) is 0 Å². The smallest absolute Gasteiger partial charge is 0.344 e. The number of fused-ring (bicyclic) bond motifs is 2. The molecule has 0 saturated carbocycles. The highest BCUT2D eigenvalue weighted by Crippen LogP contribution is 2.32. The molecule has 6 heteroatoms. The van der Waals surface area contributed by atoms with Crippen molar-refractivity contribution in [2.24, 2.45) is 0 Å². The van der Waals surface area contributed by atoms with Gasteiger partial charge in [-0.1, -0.05) is 42.5 Å². The third-order valence-electron chi connectivity index (χ3n) is 4.63. The standard InChI is InChI=1S/C22H20N4O2/c1-4-11-28-22(27)18-19-21(25-16-8-6-5-7-15(16)24-19)26(20(18)23)17-10-9-13(2)12-14(17)3/h4-10,12H,1,11,23H2,2-3H3. The predicted octanol–water partition coefficient (Wildman–Crippen LogP) is 4.12. The minimum Gasteiger partial charge on any atom is -0.458 e. The lowest BCUT2D eigenvalue weighted by molar-refractivity contribution is 0.0553. The summed E-state index contributed by atoms with van der Waals surface area (Å²) in [5.41, 5.74) is 12.0. The summed E-state index contributed by atoms with van der Waals surface area (Å²) in [4.78, 5) is 22.2. The van der Waals surface area contributed by atoms with E-state index in [4.69, 9.17) is 15.5 Å². The van der Waals surface area contributed by atoms with Gasteiger partial charge in [-0.05, 0) is 37.6 Å². The van der Waals surface area contributed by atoms with E-state index in [0.29, 0.717) is 16.7 Å². The molecule has 0 aliphatic carbocycles. The molecule has 2 aromatic heterocycles. The number of carbonyl (C=O) groups excluding carboxylic acids is 1. The van der Waals surface area contributed by atoms with Crippen LogP contribution in [0.1, 0.15) is 21.5 Å². The number of carbonyl (C=O) groups is 1. The Morgan fingerprint density at radius 2 is 1.89 bits per heavy atom. The van der Waals surface area contributed by atoms with Gasteiger partial charge in [-0.15, -0.1) is 0 Å². The van der Waals surface area contributed by atoms with Crippen molar-refractivity contribution in [1.29, 1.82) is 0 Å². The molecule has 0 spiro atoms. The zero-order valence-electron chi connectivity index (χ0n) is 15.8. The summed E-state index contributed by atoms with van der Waals surface area (Å²) in [5.74, 6) is -0.290. The molecule has 0 radical (unpaired) electrons. The first-order chi connectivity index (χ1) is 13.5. The van der Waals surface area contributed by atoms with E-state index in [9.17, 15) is 4.79 Å². The van der Waals surface area contributed by atoms with Gasteiger partial charge in [-0.3, -0.25) is 4.57 Å². The van der Waals surface area contributed by atoms with E-state index in [-0.39, 0.29) is 18.0 Å². The average molecular weight is 372 g/mol. The van der Waals surface area contributed by atoms with Crippen LogP contribution in [0.2, 0.25) is 0 Å². The fourth-order valence-corrected chi connectivity index (χ4v) is 3.37. The Kier molecular flexibility index (Phi) is 4.31. The van der Waals surface area contributed by atoms with Gasteiger partial charge in [0.2, 0.25) is 0 Å². The Hall–Kier alpha value is -3.67. The summed E-state index contributed by atoms with van der Waals surface area (Å²) < 4.78 is 7.03. The summed E-state index contributed by atoms with van der Waals surface area (Å²) in [6, 6.07) is 13.5. The lowest BCUT2D eigenvalue weighted by atomic mass is 10.1. The number of nitrogen functional groups attached to an aromatic ring is 1. The molecular formula is C22H20N4O2. The van der Waals surface area contributed by atoms with E-state index in [0.717, 1.165) is 22.3 Å². The lowest BCUT2D eigenvalue weighted by Gasteiger charge is -2.11. The molecule has 4 rings (SSSR count). The van der Waals surface area contributed by atoms with Crippen molar-refractivity contribution < 1.29 is 9.53 Å². The first-order valence-electron chi connectivity index (χ1n) is 8.93. The number of hydrogen-bond donors (Lipinski definition) is 1. The van der Waals surface area contributed by atoms with Crippen LogP contribution in [0.4, 0.5) is 5.82 Å². The van der Waals surface area contributed by atoms with Gasteiger partial charge in [-0.25, -0.2) is 14.8 Å². The van der Waals surface area contributed by atoms with Crippen molar-refractivity contribution >= 4 is 34.0 Å². The van der Waals surface area contributed by atoms with Gasteiger partial charge < -0.3 is 10.5 Å². The molecule has 2 heterocycles. The van der Waals surface area contributed by atoms with Crippen molar-refractivity contribution in [1.82, 2.24) is 14.5 Å². The Morgan fingerprint density at radius 3 is 2.57 bits per heavy atom. The highest BCUT2D eigenvalue weighted by atomic mass is 16.5. The predicted molar refractivity (Wildman–Crippen MR) is 111 cm³/mol. The van der Waals surface area contributed by atoms with Gasteiger partial charge in [0.1, 0.15) is 23.5 Å². The van der Waals surface area contributed by atoms with E-state index in [1.54, 1.807) is 4.57 Å². The third kappa shape index (κ3) is 2.79. The monoisotopic (exact) mass is 372 g/mol. The van der Waals surface area contributed by atoms with Gasteiger partial charge >= 0.3 is 5.97 Å². The number of rotatable bonds is 4. The second-order valence-corrected chi connectivity index (χ2v) is 6.66. The Bertz CT molecular complexity index is 1240. The van der Waals surface area contributed by atoms with Crippen LogP contribution in [0.25, 0.3) is 27.9 Å². The molecule has 0 saturated heterocycles. The normalized spacial score (nSPS) is 11.1. The number of benzene rings is 2. The van der Waals surface area contributed by atoms with Crippen molar-refractivity contribution in [3.63, 3.8) is 0 Å². The maximum absolute atomic E-state index is 12.7. The molecule has 0 aliphatic rings. The summed E-state index contributed by atoms with van der Waals surface area (Å²) in [6.07, 6.45) is 1.51. The van der Waals surface area contributed by atoms with E-state index >= 15 is 0 Å². The minimum absolute atomic E-state index is 0.0928. The van der Waals surface area contributed by atoms with Crippen molar-refractivity contribution in [2.75, 3.05) is 12.3 Å². The molecule has 0 unspecified atom stereocenters. The molecular weight excluding hydrogens is 352 g/mol. The van der Waals surface area contributed by atoms with Crippen LogP contribution in [-0.2, 0) is 4.74 Å². The van der Waals surface area contributed by atoms with Crippen molar-refractivity contribution in [2.45, 2.75) is 13.8 Å². The highest BCUT2D eigenvalue weighted by Gasteiger charge is 2.26. The number of hydrogen-bond acceptors (Lipinski definition) is 5. The van der Waals surface area contributed by atoms with E-state index in [2.05, 4.69) is 17.6 Å². The maximum atomic E-state index is 12.7. The van der Waals surface area contributed by atoms with Crippen LogP contribution in [0.15, 0.2) is 55.1 Å². The molecule has 140 valence electrons. The van der Waals surface area contributed by atoms with Gasteiger partial charge in [0.15, 0.2) is 5.65 Å². The van der Waals surface area contributed by atoms with Gasteiger partial charge in [0, 0.05) is 0 Å². The van der Waals surface area contributed by atoms with Crippen LogP contribution in [-0.4, -0.2) is 27.1 Å².